The number of aromatic nitrogens is 2. The fourth-order valence-corrected chi connectivity index (χ4v) is 1.94. The van der Waals surface area contributed by atoms with Gasteiger partial charge < -0.3 is 9.08 Å². The van der Waals surface area contributed by atoms with E-state index in [2.05, 4.69) is 19.1 Å². The van der Waals surface area contributed by atoms with Crippen LogP contribution in [0, 0.1) is 5.82 Å². The molecule has 0 aliphatic carbocycles. The van der Waals surface area contributed by atoms with Crippen molar-refractivity contribution in [3.8, 4) is 6.01 Å². The highest BCUT2D eigenvalue weighted by molar-refractivity contribution is 7.87. The molecular weight excluding hydrogens is 275 g/mol. The number of halogens is 1. The average Bonchev–Trinajstić information content (AvgIpc) is 2.29. The molecule has 0 radical (unpaired) electrons. The summed E-state index contributed by atoms with van der Waals surface area (Å²) in [5, 5.41) is 0. The maximum atomic E-state index is 13.3. The Balaban J connectivity index is 2.96. The monoisotopic (exact) mass is 290 g/mol. The zero-order valence-electron chi connectivity index (χ0n) is 10.9. The molecule has 1 heterocycles. The minimum Gasteiger partial charge on any atom is -0.369 e. The first kappa shape index (κ1) is 15.3. The Morgan fingerprint density at radius 3 is 2.79 bits per heavy atom. The van der Waals surface area contributed by atoms with Gasteiger partial charge in [0.1, 0.15) is 0 Å². The molecule has 1 aromatic rings. The summed E-state index contributed by atoms with van der Waals surface area (Å²) in [4.78, 5) is 12.4. The molecule has 0 bridgehead atoms. The Morgan fingerprint density at radius 2 is 2.21 bits per heavy atom. The van der Waals surface area contributed by atoms with Gasteiger partial charge in [-0.15, -0.1) is 0 Å². The fourth-order valence-electron chi connectivity index (χ4n) is 1.05. The van der Waals surface area contributed by atoms with E-state index in [1.165, 1.54) is 6.34 Å². The Hall–Kier alpha value is -1.77. The molecule has 0 N–H and O–H groups in total. The fraction of sp³-hybridized carbons (Fsp3) is 0.500. The number of hydrogen-bond donors (Lipinski definition) is 0. The second kappa shape index (κ2) is 6.41. The van der Waals surface area contributed by atoms with Crippen LogP contribution in [0.1, 0.15) is 13.3 Å². The molecule has 1 rings (SSSR count). The van der Waals surface area contributed by atoms with Gasteiger partial charge in [0.15, 0.2) is 11.6 Å². The summed E-state index contributed by atoms with van der Waals surface area (Å²) in [6, 6.07) is -0.444. The molecule has 0 aromatic carbocycles. The molecule has 106 valence electrons. The molecular formula is C10H15FN4O3S. The number of aliphatic imine (C=N–C) groups is 1. The third kappa shape index (κ3) is 5.16. The van der Waals surface area contributed by atoms with Crippen molar-refractivity contribution in [1.82, 2.24) is 14.9 Å². The van der Waals surface area contributed by atoms with E-state index < -0.39 is 21.9 Å². The highest BCUT2D eigenvalue weighted by Crippen LogP contribution is 2.17. The van der Waals surface area contributed by atoms with Gasteiger partial charge in [-0.3, -0.25) is 0 Å². The molecule has 0 aliphatic rings. The van der Waals surface area contributed by atoms with Crippen molar-refractivity contribution in [2.45, 2.75) is 13.3 Å². The average molecular weight is 290 g/mol. The van der Waals surface area contributed by atoms with E-state index >= 15 is 0 Å². The van der Waals surface area contributed by atoms with Gasteiger partial charge in [-0.1, -0.05) is 6.92 Å². The second-order valence-corrected chi connectivity index (χ2v) is 5.57. The SMILES string of the molecule is CCCS(=O)(=O)Oc1ncc(F)c(/N=C/N(C)C)n1. The van der Waals surface area contributed by atoms with Crippen LogP contribution in [0.4, 0.5) is 10.2 Å². The van der Waals surface area contributed by atoms with Gasteiger partial charge in [-0.2, -0.15) is 18.4 Å². The zero-order valence-corrected chi connectivity index (χ0v) is 11.7. The third-order valence-corrected chi connectivity index (χ3v) is 3.08. The minimum absolute atomic E-state index is 0.163. The highest BCUT2D eigenvalue weighted by Gasteiger charge is 2.15. The summed E-state index contributed by atoms with van der Waals surface area (Å²) < 4.78 is 40.8. The lowest BCUT2D eigenvalue weighted by Gasteiger charge is -2.05. The predicted octanol–water partition coefficient (Wildman–Crippen LogP) is 0.956. The van der Waals surface area contributed by atoms with E-state index in [1.54, 1.807) is 25.9 Å². The highest BCUT2D eigenvalue weighted by atomic mass is 32.2. The van der Waals surface area contributed by atoms with Crippen LogP contribution in [0.15, 0.2) is 11.2 Å². The van der Waals surface area contributed by atoms with Crippen molar-refractivity contribution in [3.63, 3.8) is 0 Å². The van der Waals surface area contributed by atoms with Crippen LogP contribution in [-0.4, -0.2) is 49.5 Å². The van der Waals surface area contributed by atoms with E-state index in [1.807, 2.05) is 0 Å². The minimum atomic E-state index is -3.76. The van der Waals surface area contributed by atoms with Crippen molar-refractivity contribution in [3.05, 3.63) is 12.0 Å². The van der Waals surface area contributed by atoms with Crippen LogP contribution in [0.25, 0.3) is 0 Å². The van der Waals surface area contributed by atoms with Crippen molar-refractivity contribution < 1.29 is 17.0 Å². The number of rotatable bonds is 6. The smallest absolute Gasteiger partial charge is 0.335 e. The van der Waals surface area contributed by atoms with E-state index in [0.717, 1.165) is 6.20 Å². The lowest BCUT2D eigenvalue weighted by molar-refractivity contribution is 0.459. The molecule has 0 aliphatic heterocycles. The molecule has 0 unspecified atom stereocenters. The molecule has 1 aromatic heterocycles. The lowest BCUT2D eigenvalue weighted by Crippen LogP contribution is -2.15. The van der Waals surface area contributed by atoms with E-state index in [4.69, 9.17) is 0 Å². The van der Waals surface area contributed by atoms with Crippen LogP contribution >= 0.6 is 0 Å². The van der Waals surface area contributed by atoms with Crippen LogP contribution in [-0.2, 0) is 10.1 Å². The molecule has 0 amide bonds. The molecule has 0 atom stereocenters. The molecule has 0 saturated heterocycles. The summed E-state index contributed by atoms with van der Waals surface area (Å²) in [5.74, 6) is -1.21. The van der Waals surface area contributed by atoms with Gasteiger partial charge in [0, 0.05) is 14.1 Å². The topological polar surface area (TPSA) is 84.8 Å². The first-order valence-corrected chi connectivity index (χ1v) is 7.07. The Morgan fingerprint density at radius 1 is 1.53 bits per heavy atom. The van der Waals surface area contributed by atoms with Crippen LogP contribution in [0.3, 0.4) is 0 Å². The molecule has 0 saturated carbocycles. The van der Waals surface area contributed by atoms with Gasteiger partial charge in [0.25, 0.3) is 0 Å². The largest absolute Gasteiger partial charge is 0.369 e. The Bertz CT molecular complexity index is 560. The normalized spacial score (nSPS) is 11.8. The predicted molar refractivity (Wildman–Crippen MR) is 68.5 cm³/mol. The lowest BCUT2D eigenvalue weighted by atomic mass is 10.5. The molecule has 0 fully saturated rings. The second-order valence-electron chi connectivity index (χ2n) is 3.88. The van der Waals surface area contributed by atoms with Gasteiger partial charge in [0.05, 0.1) is 18.3 Å². The maximum Gasteiger partial charge on any atom is 0.335 e. The van der Waals surface area contributed by atoms with Crippen molar-refractivity contribution in [2.75, 3.05) is 19.8 Å². The van der Waals surface area contributed by atoms with E-state index in [9.17, 15) is 12.8 Å². The zero-order chi connectivity index (χ0) is 14.5. The van der Waals surface area contributed by atoms with Crippen molar-refractivity contribution in [2.24, 2.45) is 4.99 Å². The van der Waals surface area contributed by atoms with Gasteiger partial charge >= 0.3 is 16.1 Å². The van der Waals surface area contributed by atoms with Crippen LogP contribution in [0.2, 0.25) is 0 Å². The summed E-state index contributed by atoms with van der Waals surface area (Å²) in [5.41, 5.74) is 0. The Labute approximate surface area is 111 Å². The molecule has 7 nitrogen and oxygen atoms in total. The van der Waals surface area contributed by atoms with E-state index in [-0.39, 0.29) is 11.6 Å². The molecule has 0 spiro atoms. The molecule has 19 heavy (non-hydrogen) atoms. The quantitative estimate of drug-likeness (QED) is 0.440. The third-order valence-electron chi connectivity index (χ3n) is 1.77. The number of nitrogens with zero attached hydrogens (tertiary/aromatic N) is 4. The standard InChI is InChI=1S/C10H15FN4O3S/c1-4-5-19(16,17)18-10-12-6-8(11)9(14-10)13-7-15(2)3/h6-7H,4-5H2,1-3H3/b13-7+. The van der Waals surface area contributed by atoms with Gasteiger partial charge in [0.2, 0.25) is 0 Å². The molecule has 9 heteroatoms. The van der Waals surface area contributed by atoms with Crippen molar-refractivity contribution in [1.29, 1.82) is 0 Å². The summed E-state index contributed by atoms with van der Waals surface area (Å²) in [7, 11) is -0.355. The first-order chi connectivity index (χ1) is 8.84. The van der Waals surface area contributed by atoms with Gasteiger partial charge in [-0.05, 0) is 6.42 Å². The summed E-state index contributed by atoms with van der Waals surface area (Å²) >= 11 is 0. The van der Waals surface area contributed by atoms with Crippen LogP contribution < -0.4 is 4.18 Å². The maximum absolute atomic E-state index is 13.3. The summed E-state index contributed by atoms with van der Waals surface area (Å²) in [6.07, 6.45) is 2.54. The first-order valence-electron chi connectivity index (χ1n) is 5.49. The Kier molecular flexibility index (Phi) is 5.16. The van der Waals surface area contributed by atoms with Crippen molar-refractivity contribution >= 4 is 22.3 Å². The van der Waals surface area contributed by atoms with Crippen LogP contribution in [0.5, 0.6) is 6.01 Å². The summed E-state index contributed by atoms with van der Waals surface area (Å²) in [6.45, 7) is 1.69. The van der Waals surface area contributed by atoms with E-state index in [0.29, 0.717) is 6.42 Å². The number of hydrogen-bond acceptors (Lipinski definition) is 6. The van der Waals surface area contributed by atoms with Gasteiger partial charge in [-0.25, -0.2) is 9.38 Å².